The molecule has 0 aliphatic heterocycles. The highest BCUT2D eigenvalue weighted by Gasteiger charge is 1.91. The van der Waals surface area contributed by atoms with E-state index in [1.165, 1.54) is 0 Å². The lowest BCUT2D eigenvalue weighted by molar-refractivity contribution is 0.415. The summed E-state index contributed by atoms with van der Waals surface area (Å²) in [6.45, 7) is 0. The van der Waals surface area contributed by atoms with Gasteiger partial charge in [0.1, 0.15) is 5.75 Å². The van der Waals surface area contributed by atoms with Gasteiger partial charge in [-0.15, -0.1) is 11.6 Å². The number of methoxy groups -OCH3 is 1. The van der Waals surface area contributed by atoms with Crippen LogP contribution < -0.4 is 10.1 Å². The molecule has 1 N–H and O–H groups in total. The molecule has 11 heavy (non-hydrogen) atoms. The Morgan fingerprint density at radius 3 is 3.00 bits per heavy atom. The van der Waals surface area contributed by atoms with Crippen molar-refractivity contribution in [2.24, 2.45) is 0 Å². The second kappa shape index (κ2) is 4.09. The molecule has 2 nitrogen and oxygen atoms in total. The van der Waals surface area contributed by atoms with Crippen LogP contribution in [0.3, 0.4) is 0 Å². The number of halogens is 1. The van der Waals surface area contributed by atoms with Crippen LogP contribution in [-0.4, -0.2) is 13.1 Å². The van der Waals surface area contributed by atoms with Crippen molar-refractivity contribution < 1.29 is 4.74 Å². The Morgan fingerprint density at radius 1 is 1.55 bits per heavy atom. The lowest BCUT2D eigenvalue weighted by atomic mass is 10.3. The van der Waals surface area contributed by atoms with Crippen LogP contribution in [0, 0.1) is 0 Å². The molecule has 0 unspecified atom stereocenters. The van der Waals surface area contributed by atoms with E-state index in [0.717, 1.165) is 11.4 Å². The standard InChI is InChI=1S/C8H10ClNO/c1-11-8-4-2-3-7(5-8)10-6-9/h2-5,10H,6H2,1H3. The first kappa shape index (κ1) is 8.21. The van der Waals surface area contributed by atoms with Crippen molar-refractivity contribution in [3.8, 4) is 5.75 Å². The summed E-state index contributed by atoms with van der Waals surface area (Å²) in [4.78, 5) is 0. The van der Waals surface area contributed by atoms with E-state index in [1.807, 2.05) is 24.3 Å². The fourth-order valence-electron chi connectivity index (χ4n) is 0.810. The van der Waals surface area contributed by atoms with Crippen LogP contribution in [0.15, 0.2) is 24.3 Å². The first-order chi connectivity index (χ1) is 5.36. The van der Waals surface area contributed by atoms with E-state index < -0.39 is 0 Å². The minimum absolute atomic E-state index is 0.410. The summed E-state index contributed by atoms with van der Waals surface area (Å²) in [5.74, 6) is 0.833. The highest BCUT2D eigenvalue weighted by atomic mass is 35.5. The van der Waals surface area contributed by atoms with Crippen LogP contribution in [-0.2, 0) is 0 Å². The van der Waals surface area contributed by atoms with Gasteiger partial charge < -0.3 is 10.1 Å². The number of anilines is 1. The van der Waals surface area contributed by atoms with Crippen molar-refractivity contribution in [1.29, 1.82) is 0 Å². The average molecular weight is 172 g/mol. The van der Waals surface area contributed by atoms with Gasteiger partial charge in [0.25, 0.3) is 0 Å². The van der Waals surface area contributed by atoms with Crippen LogP contribution in [0.5, 0.6) is 5.75 Å². The van der Waals surface area contributed by atoms with Gasteiger partial charge in [-0.1, -0.05) is 6.07 Å². The van der Waals surface area contributed by atoms with Crippen molar-refractivity contribution in [2.75, 3.05) is 18.4 Å². The molecule has 0 heterocycles. The molecular formula is C8H10ClNO. The van der Waals surface area contributed by atoms with Crippen LogP contribution in [0.25, 0.3) is 0 Å². The number of alkyl halides is 1. The molecule has 3 heteroatoms. The maximum absolute atomic E-state index is 5.48. The van der Waals surface area contributed by atoms with Gasteiger partial charge in [0, 0.05) is 11.8 Å². The summed E-state index contributed by atoms with van der Waals surface area (Å²) in [6, 6.07) is 8.04. The minimum atomic E-state index is 0.410. The summed E-state index contributed by atoms with van der Waals surface area (Å²) in [5, 5.41) is 2.97. The molecule has 0 radical (unpaired) electrons. The van der Waals surface area contributed by atoms with Gasteiger partial charge in [-0.3, -0.25) is 0 Å². The van der Waals surface area contributed by atoms with Gasteiger partial charge >= 0.3 is 0 Å². The molecule has 0 aliphatic carbocycles. The number of hydrogen-bond donors (Lipinski definition) is 1. The fourth-order valence-corrected chi connectivity index (χ4v) is 0.964. The lowest BCUT2D eigenvalue weighted by Gasteiger charge is -2.03. The van der Waals surface area contributed by atoms with E-state index in [9.17, 15) is 0 Å². The van der Waals surface area contributed by atoms with Crippen molar-refractivity contribution in [2.45, 2.75) is 0 Å². The predicted octanol–water partition coefficient (Wildman–Crippen LogP) is 2.30. The van der Waals surface area contributed by atoms with Gasteiger partial charge in [0.2, 0.25) is 0 Å². The molecule has 0 spiro atoms. The number of hydrogen-bond acceptors (Lipinski definition) is 2. The first-order valence-electron chi connectivity index (χ1n) is 3.30. The maximum Gasteiger partial charge on any atom is 0.120 e. The van der Waals surface area contributed by atoms with E-state index >= 15 is 0 Å². The summed E-state index contributed by atoms with van der Waals surface area (Å²) >= 11 is 5.48. The zero-order chi connectivity index (χ0) is 8.10. The third-order valence-corrected chi connectivity index (χ3v) is 1.47. The highest BCUT2D eigenvalue weighted by Crippen LogP contribution is 2.16. The number of benzene rings is 1. The quantitative estimate of drug-likeness (QED) is 0.557. The predicted molar refractivity (Wildman–Crippen MR) is 47.3 cm³/mol. The van der Waals surface area contributed by atoms with Crippen LogP contribution in [0.2, 0.25) is 0 Å². The van der Waals surface area contributed by atoms with E-state index in [0.29, 0.717) is 6.00 Å². The van der Waals surface area contributed by atoms with E-state index in [4.69, 9.17) is 16.3 Å². The summed E-state index contributed by atoms with van der Waals surface area (Å²) in [7, 11) is 1.64. The zero-order valence-electron chi connectivity index (χ0n) is 6.30. The average Bonchev–Trinajstić information content (AvgIpc) is 2.06. The van der Waals surface area contributed by atoms with Crippen molar-refractivity contribution in [3.05, 3.63) is 24.3 Å². The Hall–Kier alpha value is -0.890. The van der Waals surface area contributed by atoms with Gasteiger partial charge in [0.15, 0.2) is 0 Å². The first-order valence-corrected chi connectivity index (χ1v) is 3.84. The molecule has 0 saturated carbocycles. The van der Waals surface area contributed by atoms with Crippen molar-refractivity contribution in [1.82, 2.24) is 0 Å². The molecule has 0 bridgehead atoms. The SMILES string of the molecule is COc1cccc(NCCl)c1. The largest absolute Gasteiger partial charge is 0.497 e. The normalized spacial score (nSPS) is 9.27. The Labute approximate surface area is 71.1 Å². The Kier molecular flexibility index (Phi) is 3.05. The molecule has 0 aliphatic rings. The topological polar surface area (TPSA) is 21.3 Å². The van der Waals surface area contributed by atoms with Crippen LogP contribution in [0.4, 0.5) is 5.69 Å². The molecule has 0 amide bonds. The third-order valence-electron chi connectivity index (χ3n) is 1.34. The Bertz CT molecular complexity index is 227. The van der Waals surface area contributed by atoms with Gasteiger partial charge in [-0.05, 0) is 12.1 Å². The Balaban J connectivity index is 2.74. The number of rotatable bonds is 3. The summed E-state index contributed by atoms with van der Waals surface area (Å²) < 4.78 is 5.02. The fraction of sp³-hybridized carbons (Fsp3) is 0.250. The van der Waals surface area contributed by atoms with E-state index in [2.05, 4.69) is 5.32 Å². The smallest absolute Gasteiger partial charge is 0.120 e. The van der Waals surface area contributed by atoms with Crippen molar-refractivity contribution in [3.63, 3.8) is 0 Å². The zero-order valence-corrected chi connectivity index (χ0v) is 7.06. The highest BCUT2D eigenvalue weighted by molar-refractivity contribution is 6.18. The van der Waals surface area contributed by atoms with Crippen LogP contribution in [0.1, 0.15) is 0 Å². The molecule has 60 valence electrons. The van der Waals surface area contributed by atoms with Gasteiger partial charge in [0.05, 0.1) is 13.1 Å². The summed E-state index contributed by atoms with van der Waals surface area (Å²) in [5.41, 5.74) is 0.972. The molecule has 0 saturated heterocycles. The second-order valence-electron chi connectivity index (χ2n) is 2.04. The monoisotopic (exact) mass is 171 g/mol. The molecule has 0 fully saturated rings. The Morgan fingerprint density at radius 2 is 2.36 bits per heavy atom. The molecule has 1 aromatic rings. The molecule has 1 aromatic carbocycles. The summed E-state index contributed by atoms with van der Waals surface area (Å²) in [6.07, 6.45) is 0. The van der Waals surface area contributed by atoms with E-state index in [-0.39, 0.29) is 0 Å². The molecular weight excluding hydrogens is 162 g/mol. The lowest BCUT2D eigenvalue weighted by Crippen LogP contribution is -1.93. The van der Waals surface area contributed by atoms with Crippen molar-refractivity contribution >= 4 is 17.3 Å². The van der Waals surface area contributed by atoms with E-state index in [1.54, 1.807) is 7.11 Å². The minimum Gasteiger partial charge on any atom is -0.497 e. The van der Waals surface area contributed by atoms with Gasteiger partial charge in [-0.2, -0.15) is 0 Å². The maximum atomic E-state index is 5.48. The number of ether oxygens (including phenoxy) is 1. The third kappa shape index (κ3) is 2.31. The van der Waals surface area contributed by atoms with Gasteiger partial charge in [-0.25, -0.2) is 0 Å². The molecule has 1 rings (SSSR count). The molecule has 0 aromatic heterocycles. The molecule has 0 atom stereocenters. The number of nitrogens with one attached hydrogen (secondary N) is 1. The second-order valence-corrected chi connectivity index (χ2v) is 2.31. The van der Waals surface area contributed by atoms with Crippen LogP contribution >= 0.6 is 11.6 Å².